The highest BCUT2D eigenvalue weighted by atomic mass is 14.1. The minimum atomic E-state index is 0.835. The maximum Gasteiger partial charge on any atom is 0.139 e. The first-order chi connectivity index (χ1) is 6.60. The number of hydrogen-bond donors (Lipinski definition) is 0. The van der Waals surface area contributed by atoms with Crippen LogP contribution in [0.5, 0.6) is 0 Å². The van der Waals surface area contributed by atoms with Gasteiger partial charge in [0.05, 0.1) is 0 Å². The summed E-state index contributed by atoms with van der Waals surface area (Å²) in [7, 11) is 0. The molecule has 0 nitrogen and oxygen atoms in total. The van der Waals surface area contributed by atoms with Gasteiger partial charge in [0.25, 0.3) is 0 Å². The van der Waals surface area contributed by atoms with Crippen LogP contribution < -0.4 is 0 Å². The first kappa shape index (κ1) is 13.8. The molecule has 0 saturated heterocycles. The van der Waals surface area contributed by atoms with Gasteiger partial charge in [-0.1, -0.05) is 58.1 Å². The van der Waals surface area contributed by atoms with Gasteiger partial charge in [-0.2, -0.15) is 0 Å². The Kier molecular flexibility index (Phi) is 8.03. The van der Waals surface area contributed by atoms with E-state index in [9.17, 15) is 0 Å². The highest BCUT2D eigenvalue weighted by molar-refractivity contribution is 6.58. The molecule has 0 rings (SSSR count). The minimum Gasteiger partial charge on any atom is -0.100 e. The van der Waals surface area contributed by atoms with Crippen LogP contribution in [-0.2, 0) is 0 Å². The molecular weight excluding hydrogens is 167 g/mol. The lowest BCUT2D eigenvalue weighted by Crippen LogP contribution is -2.08. The summed E-state index contributed by atoms with van der Waals surface area (Å²) in [4.78, 5) is 0. The molecule has 0 amide bonds. The molecule has 0 fully saturated rings. The quantitative estimate of drug-likeness (QED) is 0.380. The Balaban J connectivity index is 3.47. The van der Waals surface area contributed by atoms with E-state index in [1.165, 1.54) is 43.8 Å². The summed E-state index contributed by atoms with van der Waals surface area (Å²) >= 11 is 0. The fourth-order valence-corrected chi connectivity index (χ4v) is 2.15. The van der Waals surface area contributed by atoms with E-state index in [1.54, 1.807) is 0 Å². The van der Waals surface area contributed by atoms with Crippen LogP contribution in [0, 0.1) is 5.92 Å². The van der Waals surface area contributed by atoms with Crippen molar-refractivity contribution in [1.82, 2.24) is 0 Å². The zero-order valence-electron chi connectivity index (χ0n) is 10.6. The molecule has 1 unspecified atom stereocenters. The van der Waals surface area contributed by atoms with Crippen LogP contribution in [0.4, 0.5) is 0 Å². The highest BCUT2D eigenvalue weighted by Gasteiger charge is 2.09. The van der Waals surface area contributed by atoms with Crippen LogP contribution in [-0.4, -0.2) is 6.71 Å². The van der Waals surface area contributed by atoms with Crippen molar-refractivity contribution >= 4 is 6.71 Å². The molecule has 0 aliphatic carbocycles. The molecule has 0 radical (unpaired) electrons. The van der Waals surface area contributed by atoms with E-state index in [1.807, 2.05) is 0 Å². The van der Waals surface area contributed by atoms with Crippen molar-refractivity contribution in [2.45, 2.75) is 65.9 Å². The van der Waals surface area contributed by atoms with Crippen molar-refractivity contribution in [2.24, 2.45) is 5.92 Å². The van der Waals surface area contributed by atoms with Gasteiger partial charge in [0.2, 0.25) is 0 Å². The Hall–Kier alpha value is -0.195. The predicted molar refractivity (Wildman–Crippen MR) is 69.4 cm³/mol. The molecule has 0 aromatic heterocycles. The molecule has 0 aromatic carbocycles. The molecule has 0 spiro atoms. The molecule has 0 bridgehead atoms. The van der Waals surface area contributed by atoms with Gasteiger partial charge in [0.1, 0.15) is 6.71 Å². The van der Waals surface area contributed by atoms with E-state index in [0.29, 0.717) is 0 Å². The monoisotopic (exact) mass is 194 g/mol. The van der Waals surface area contributed by atoms with E-state index in [4.69, 9.17) is 0 Å². The standard InChI is InChI=1S/C13H27B/c1-6-14(7-2)10-8-9-13(5)11-12(3)4/h13H,3,6-11H2,1-2,4-5H3. The van der Waals surface area contributed by atoms with Gasteiger partial charge in [0, 0.05) is 0 Å². The van der Waals surface area contributed by atoms with Crippen molar-refractivity contribution in [3.05, 3.63) is 12.2 Å². The second-order valence-electron chi connectivity index (χ2n) is 4.88. The van der Waals surface area contributed by atoms with Crippen molar-refractivity contribution in [3.8, 4) is 0 Å². The van der Waals surface area contributed by atoms with Crippen LogP contribution in [0.15, 0.2) is 12.2 Å². The minimum absolute atomic E-state index is 0.835. The number of allylic oxidation sites excluding steroid dienone is 1. The third-order valence-electron chi connectivity index (χ3n) is 3.16. The molecule has 0 aliphatic heterocycles. The van der Waals surface area contributed by atoms with Gasteiger partial charge in [0.15, 0.2) is 0 Å². The summed E-state index contributed by atoms with van der Waals surface area (Å²) in [5.74, 6) is 0.835. The second-order valence-corrected chi connectivity index (χ2v) is 4.88. The predicted octanol–water partition coefficient (Wildman–Crippen LogP) is 4.90. The largest absolute Gasteiger partial charge is 0.139 e. The first-order valence-corrected chi connectivity index (χ1v) is 6.24. The molecule has 0 heterocycles. The lowest BCUT2D eigenvalue weighted by molar-refractivity contribution is 0.519. The van der Waals surface area contributed by atoms with Crippen molar-refractivity contribution in [3.63, 3.8) is 0 Å². The Bertz CT molecular complexity index is 147. The van der Waals surface area contributed by atoms with E-state index in [2.05, 4.69) is 34.3 Å². The Labute approximate surface area is 91.3 Å². The zero-order chi connectivity index (χ0) is 11.0. The van der Waals surface area contributed by atoms with Gasteiger partial charge in [-0.25, -0.2) is 0 Å². The smallest absolute Gasteiger partial charge is 0.100 e. The molecule has 0 aromatic rings. The first-order valence-electron chi connectivity index (χ1n) is 6.24. The fraction of sp³-hybridized carbons (Fsp3) is 0.846. The maximum absolute atomic E-state index is 3.97. The topological polar surface area (TPSA) is 0 Å². The Morgan fingerprint density at radius 3 is 2.29 bits per heavy atom. The van der Waals surface area contributed by atoms with E-state index < -0.39 is 0 Å². The Morgan fingerprint density at radius 1 is 1.29 bits per heavy atom. The SMILES string of the molecule is C=C(C)CC(C)CCCB(CC)CC. The summed E-state index contributed by atoms with van der Waals surface area (Å²) in [6.07, 6.45) is 8.12. The average Bonchev–Trinajstić information content (AvgIpc) is 2.11. The molecule has 0 saturated carbocycles. The molecule has 0 N–H and O–H groups in total. The normalized spacial score (nSPS) is 12.6. The molecule has 14 heavy (non-hydrogen) atoms. The molecule has 0 aliphatic rings. The van der Waals surface area contributed by atoms with Gasteiger partial charge >= 0.3 is 0 Å². The summed E-state index contributed by atoms with van der Waals surface area (Å²) in [6, 6.07) is 0. The lowest BCUT2D eigenvalue weighted by atomic mass is 9.43. The summed E-state index contributed by atoms with van der Waals surface area (Å²) < 4.78 is 0. The van der Waals surface area contributed by atoms with Gasteiger partial charge in [-0.05, 0) is 19.3 Å². The van der Waals surface area contributed by atoms with E-state index >= 15 is 0 Å². The van der Waals surface area contributed by atoms with E-state index in [-0.39, 0.29) is 0 Å². The molecule has 1 heteroatoms. The highest BCUT2D eigenvalue weighted by Crippen LogP contribution is 2.18. The van der Waals surface area contributed by atoms with Crippen molar-refractivity contribution in [2.75, 3.05) is 0 Å². The molecule has 82 valence electrons. The zero-order valence-corrected chi connectivity index (χ0v) is 10.6. The van der Waals surface area contributed by atoms with Gasteiger partial charge in [-0.15, -0.1) is 6.58 Å². The van der Waals surface area contributed by atoms with Crippen molar-refractivity contribution in [1.29, 1.82) is 0 Å². The third-order valence-corrected chi connectivity index (χ3v) is 3.16. The van der Waals surface area contributed by atoms with Crippen LogP contribution >= 0.6 is 0 Å². The number of rotatable bonds is 8. The average molecular weight is 194 g/mol. The Morgan fingerprint density at radius 2 is 1.86 bits per heavy atom. The maximum atomic E-state index is 3.97. The van der Waals surface area contributed by atoms with Gasteiger partial charge < -0.3 is 0 Å². The van der Waals surface area contributed by atoms with Crippen LogP contribution in [0.25, 0.3) is 0 Å². The van der Waals surface area contributed by atoms with Crippen molar-refractivity contribution < 1.29 is 0 Å². The van der Waals surface area contributed by atoms with Crippen LogP contribution in [0.1, 0.15) is 47.0 Å². The molecule has 1 atom stereocenters. The summed E-state index contributed by atoms with van der Waals surface area (Å²) in [5.41, 5.74) is 1.33. The summed E-state index contributed by atoms with van der Waals surface area (Å²) in [5, 5.41) is 0. The van der Waals surface area contributed by atoms with Crippen LogP contribution in [0.3, 0.4) is 0 Å². The van der Waals surface area contributed by atoms with Crippen LogP contribution in [0.2, 0.25) is 19.0 Å². The third kappa shape index (κ3) is 7.23. The number of hydrogen-bond acceptors (Lipinski definition) is 0. The lowest BCUT2D eigenvalue weighted by Gasteiger charge is -2.13. The van der Waals surface area contributed by atoms with E-state index in [0.717, 1.165) is 12.6 Å². The van der Waals surface area contributed by atoms with Gasteiger partial charge in [-0.3, -0.25) is 0 Å². The summed E-state index contributed by atoms with van der Waals surface area (Å²) in [6.45, 7) is 14.0. The second kappa shape index (κ2) is 8.14. The fourth-order valence-electron chi connectivity index (χ4n) is 2.15. The molecular formula is C13H27B.